The second kappa shape index (κ2) is 2.69. The number of nitrogens with zero attached hydrogens (tertiary/aromatic N) is 1. The summed E-state index contributed by atoms with van der Waals surface area (Å²) in [6.45, 7) is 0. The molecule has 0 fully saturated rings. The van der Waals surface area contributed by atoms with Crippen molar-refractivity contribution in [1.82, 2.24) is 3.98 Å². The Kier molecular flexibility index (Phi) is 1.51. The van der Waals surface area contributed by atoms with E-state index in [-0.39, 0.29) is 0 Å². The van der Waals surface area contributed by atoms with Gasteiger partial charge in [0, 0.05) is 0 Å². The molecular weight excluding hydrogens is 225 g/mol. The molecule has 13 heavy (non-hydrogen) atoms. The van der Waals surface area contributed by atoms with Gasteiger partial charge in [-0.3, -0.25) is 0 Å². The predicted molar refractivity (Wildman–Crippen MR) is 56.2 cm³/mol. The Balaban J connectivity index is 2.65. The summed E-state index contributed by atoms with van der Waals surface area (Å²) >= 11 is 0.326. The molecule has 0 unspecified atom stereocenters. The van der Waals surface area contributed by atoms with Gasteiger partial charge in [-0.2, -0.15) is 0 Å². The van der Waals surface area contributed by atoms with Crippen LogP contribution in [0.15, 0.2) is 41.3 Å². The van der Waals surface area contributed by atoms with Gasteiger partial charge in [0.1, 0.15) is 0 Å². The van der Waals surface area contributed by atoms with E-state index in [1.807, 2.05) is 0 Å². The van der Waals surface area contributed by atoms with Crippen LogP contribution in [0.2, 0.25) is 0 Å². The first-order valence-electron chi connectivity index (χ1n) is 4.17. The molecule has 62 valence electrons. The van der Waals surface area contributed by atoms with Gasteiger partial charge in [-0.1, -0.05) is 0 Å². The molecule has 2 heteroatoms. The summed E-state index contributed by atoms with van der Waals surface area (Å²) in [6.07, 6.45) is 0. The zero-order chi connectivity index (χ0) is 8.67. The first-order valence-corrected chi connectivity index (χ1v) is 5.92. The Morgan fingerprint density at radius 1 is 0.923 bits per heavy atom. The molecule has 1 aromatic heterocycles. The summed E-state index contributed by atoms with van der Waals surface area (Å²) in [7, 11) is 0. The summed E-state index contributed by atoms with van der Waals surface area (Å²) in [5, 5.41) is 3.98. The average molecular weight is 232 g/mol. The van der Waals surface area contributed by atoms with E-state index in [0.717, 1.165) is 0 Å². The van der Waals surface area contributed by atoms with Crippen LogP contribution in [0, 0.1) is 0 Å². The maximum atomic E-state index is 4.46. The first kappa shape index (κ1) is 7.31. The van der Waals surface area contributed by atoms with Crippen LogP contribution in [0.1, 0.15) is 0 Å². The van der Waals surface area contributed by atoms with Crippen LogP contribution in [0.5, 0.6) is 0 Å². The zero-order valence-corrected chi connectivity index (χ0v) is 8.61. The number of rotatable bonds is 0. The third kappa shape index (κ3) is 1.03. The Morgan fingerprint density at radius 2 is 1.85 bits per heavy atom. The van der Waals surface area contributed by atoms with E-state index in [1.54, 1.807) is 0 Å². The van der Waals surface area contributed by atoms with Crippen molar-refractivity contribution in [3.05, 3.63) is 41.3 Å². The van der Waals surface area contributed by atoms with Gasteiger partial charge >= 0.3 is 81.7 Å². The molecule has 0 saturated heterocycles. The molecule has 3 aromatic rings. The minimum absolute atomic E-state index is 0.326. The van der Waals surface area contributed by atoms with Crippen LogP contribution in [0.3, 0.4) is 0 Å². The van der Waals surface area contributed by atoms with Crippen molar-refractivity contribution < 1.29 is 0 Å². The van der Waals surface area contributed by atoms with Crippen LogP contribution < -0.4 is 0 Å². The van der Waals surface area contributed by atoms with Gasteiger partial charge in [0.25, 0.3) is 0 Å². The number of benzene rings is 2. The molecule has 0 amide bonds. The fourth-order valence-corrected chi connectivity index (χ4v) is 3.05. The van der Waals surface area contributed by atoms with E-state index >= 15 is 0 Å². The molecular formula is C11H7NSe. The molecule has 0 aliphatic carbocycles. The third-order valence-electron chi connectivity index (χ3n) is 2.27. The normalized spacial score (nSPS) is 11.1. The standard InChI is InChI=1S/C11H7NSe/c1-2-4-9-8(3-1)5-6-11-10(9)7-13-12-11/h1-7H. The van der Waals surface area contributed by atoms with E-state index in [9.17, 15) is 0 Å². The van der Waals surface area contributed by atoms with Crippen LogP contribution in [-0.4, -0.2) is 18.7 Å². The summed E-state index contributed by atoms with van der Waals surface area (Å²) in [5.74, 6) is 0. The van der Waals surface area contributed by atoms with Gasteiger partial charge < -0.3 is 0 Å². The summed E-state index contributed by atoms with van der Waals surface area (Å²) in [5.41, 5.74) is 1.17. The first-order chi connectivity index (χ1) is 6.45. The van der Waals surface area contributed by atoms with Gasteiger partial charge in [0.2, 0.25) is 0 Å². The quantitative estimate of drug-likeness (QED) is 0.542. The molecule has 0 bridgehead atoms. The molecule has 1 heterocycles. The Hall–Kier alpha value is -1.11. The second-order valence-corrected chi connectivity index (χ2v) is 4.35. The van der Waals surface area contributed by atoms with E-state index < -0.39 is 0 Å². The summed E-state index contributed by atoms with van der Waals surface area (Å²) < 4.78 is 4.46. The molecule has 1 nitrogen and oxygen atoms in total. The SMILES string of the molecule is c1ccc2c(c1)ccc1n[se]cc12. The molecule has 0 saturated carbocycles. The Bertz CT molecular complexity index is 568. The second-order valence-electron chi connectivity index (χ2n) is 3.03. The molecule has 0 aliphatic heterocycles. The van der Waals surface area contributed by atoms with Gasteiger partial charge in [-0.05, 0) is 0 Å². The van der Waals surface area contributed by atoms with Crippen molar-refractivity contribution in [2.75, 3.05) is 0 Å². The number of hydrogen-bond acceptors (Lipinski definition) is 1. The van der Waals surface area contributed by atoms with Gasteiger partial charge in [0.05, 0.1) is 0 Å². The van der Waals surface area contributed by atoms with E-state index in [0.29, 0.717) is 14.7 Å². The topological polar surface area (TPSA) is 12.9 Å². The van der Waals surface area contributed by atoms with E-state index in [1.165, 1.54) is 21.7 Å². The van der Waals surface area contributed by atoms with Gasteiger partial charge in [-0.15, -0.1) is 0 Å². The van der Waals surface area contributed by atoms with Crippen LogP contribution in [0.4, 0.5) is 0 Å². The van der Waals surface area contributed by atoms with Gasteiger partial charge in [-0.25, -0.2) is 0 Å². The molecule has 0 radical (unpaired) electrons. The monoisotopic (exact) mass is 233 g/mol. The Morgan fingerprint density at radius 3 is 2.85 bits per heavy atom. The number of fused-ring (bicyclic) bond motifs is 3. The van der Waals surface area contributed by atoms with Crippen LogP contribution in [-0.2, 0) is 0 Å². The van der Waals surface area contributed by atoms with Crippen molar-refractivity contribution in [2.24, 2.45) is 0 Å². The third-order valence-corrected chi connectivity index (χ3v) is 3.62. The molecule has 0 atom stereocenters. The predicted octanol–water partition coefficient (Wildman–Crippen LogP) is 2.45. The van der Waals surface area contributed by atoms with Crippen molar-refractivity contribution >= 4 is 36.4 Å². The zero-order valence-electron chi connectivity index (χ0n) is 6.90. The molecule has 0 spiro atoms. The average Bonchev–Trinajstić information content (AvgIpc) is 2.65. The van der Waals surface area contributed by atoms with Gasteiger partial charge in [0.15, 0.2) is 0 Å². The van der Waals surface area contributed by atoms with Crippen LogP contribution in [0.25, 0.3) is 21.7 Å². The molecule has 3 rings (SSSR count). The van der Waals surface area contributed by atoms with Crippen molar-refractivity contribution in [1.29, 1.82) is 0 Å². The van der Waals surface area contributed by atoms with Crippen molar-refractivity contribution in [3.63, 3.8) is 0 Å². The fourth-order valence-electron chi connectivity index (χ4n) is 1.62. The van der Waals surface area contributed by atoms with Crippen LogP contribution >= 0.6 is 0 Å². The van der Waals surface area contributed by atoms with E-state index in [2.05, 4.69) is 45.3 Å². The fraction of sp³-hybridized carbons (Fsp3) is 0. The van der Waals surface area contributed by atoms with Crippen molar-refractivity contribution in [2.45, 2.75) is 0 Å². The Labute approximate surface area is 82.0 Å². The molecule has 0 N–H and O–H groups in total. The minimum atomic E-state index is 0.326. The van der Waals surface area contributed by atoms with Crippen molar-refractivity contribution in [3.8, 4) is 0 Å². The van der Waals surface area contributed by atoms with E-state index in [4.69, 9.17) is 0 Å². The maximum absolute atomic E-state index is 4.46. The summed E-state index contributed by atoms with van der Waals surface area (Å²) in [6, 6.07) is 12.7. The molecule has 2 aromatic carbocycles. The molecule has 0 aliphatic rings. The number of aromatic nitrogens is 1. The number of hydrogen-bond donors (Lipinski definition) is 0. The summed E-state index contributed by atoms with van der Waals surface area (Å²) in [4.78, 5) is 2.25.